The number of nitrogens with zero attached hydrogens (tertiary/aromatic N) is 2. The monoisotopic (exact) mass is 318 g/mol. The molecule has 2 aromatic rings. The van der Waals surface area contributed by atoms with Gasteiger partial charge in [-0.1, -0.05) is 30.7 Å². The third kappa shape index (κ3) is 4.38. The molecule has 22 heavy (non-hydrogen) atoms. The van der Waals surface area contributed by atoms with Crippen molar-refractivity contribution in [1.29, 1.82) is 0 Å². The topological polar surface area (TPSA) is 25.2 Å². The summed E-state index contributed by atoms with van der Waals surface area (Å²) >= 11 is 5.93. The Morgan fingerprint density at radius 1 is 1.23 bits per heavy atom. The molecule has 1 aromatic carbocycles. The van der Waals surface area contributed by atoms with Crippen molar-refractivity contribution in [1.82, 2.24) is 9.47 Å². The van der Waals surface area contributed by atoms with E-state index in [-0.39, 0.29) is 11.9 Å². The van der Waals surface area contributed by atoms with Gasteiger partial charge in [-0.15, -0.1) is 0 Å². The van der Waals surface area contributed by atoms with Crippen LogP contribution in [-0.2, 0) is 24.8 Å². The second kappa shape index (κ2) is 7.50. The van der Waals surface area contributed by atoms with Crippen LogP contribution in [0.5, 0.6) is 0 Å². The van der Waals surface area contributed by atoms with E-state index in [2.05, 4.69) is 13.8 Å². The van der Waals surface area contributed by atoms with Crippen LogP contribution in [0.15, 0.2) is 42.7 Å². The Morgan fingerprint density at radius 2 is 1.91 bits per heavy atom. The maximum atomic E-state index is 12.7. The highest BCUT2D eigenvalue weighted by Crippen LogP contribution is 2.16. The Hall–Kier alpha value is -1.74. The minimum absolute atomic E-state index is 0.163. The highest BCUT2D eigenvalue weighted by molar-refractivity contribution is 6.30. The predicted molar refractivity (Wildman–Crippen MR) is 90.9 cm³/mol. The van der Waals surface area contributed by atoms with E-state index < -0.39 is 0 Å². The maximum Gasteiger partial charge on any atom is 0.227 e. The lowest BCUT2D eigenvalue weighted by Gasteiger charge is -2.29. The van der Waals surface area contributed by atoms with E-state index in [1.807, 2.05) is 59.2 Å². The first-order chi connectivity index (χ1) is 10.5. The van der Waals surface area contributed by atoms with Crippen LogP contribution in [0.1, 0.15) is 31.4 Å². The summed E-state index contributed by atoms with van der Waals surface area (Å²) in [4.78, 5) is 14.6. The molecule has 1 unspecified atom stereocenters. The number of amides is 1. The minimum Gasteiger partial charge on any atom is -0.357 e. The number of hydrogen-bond acceptors (Lipinski definition) is 1. The standard InChI is InChI=1S/C18H23ClN2O/c1-4-14(2)21(13-15-5-7-17(19)8-6-15)18(22)11-16-9-10-20(3)12-16/h5-10,12,14H,4,11,13H2,1-3H3. The summed E-state index contributed by atoms with van der Waals surface area (Å²) < 4.78 is 1.97. The largest absolute Gasteiger partial charge is 0.357 e. The summed E-state index contributed by atoms with van der Waals surface area (Å²) in [5.74, 6) is 0.163. The van der Waals surface area contributed by atoms with Crippen molar-refractivity contribution in [3.05, 3.63) is 58.9 Å². The first kappa shape index (κ1) is 16.6. The molecule has 0 aliphatic carbocycles. The van der Waals surface area contributed by atoms with Gasteiger partial charge in [-0.3, -0.25) is 4.79 Å². The highest BCUT2D eigenvalue weighted by atomic mass is 35.5. The molecular formula is C18H23ClN2O. The average molecular weight is 319 g/mol. The molecule has 0 aliphatic rings. The molecule has 0 saturated carbocycles. The summed E-state index contributed by atoms with van der Waals surface area (Å²) in [5.41, 5.74) is 2.16. The summed E-state index contributed by atoms with van der Waals surface area (Å²) in [6.45, 7) is 4.83. The van der Waals surface area contributed by atoms with Crippen molar-refractivity contribution in [3.63, 3.8) is 0 Å². The quantitative estimate of drug-likeness (QED) is 0.789. The van der Waals surface area contributed by atoms with E-state index in [9.17, 15) is 4.79 Å². The number of benzene rings is 1. The minimum atomic E-state index is 0.163. The number of aromatic nitrogens is 1. The van der Waals surface area contributed by atoms with Gasteiger partial charge in [0.1, 0.15) is 0 Å². The lowest BCUT2D eigenvalue weighted by atomic mass is 10.1. The highest BCUT2D eigenvalue weighted by Gasteiger charge is 2.19. The van der Waals surface area contributed by atoms with Crippen molar-refractivity contribution in [2.24, 2.45) is 7.05 Å². The summed E-state index contributed by atoms with van der Waals surface area (Å²) in [5, 5.41) is 0.717. The van der Waals surface area contributed by atoms with Gasteiger partial charge < -0.3 is 9.47 Å². The molecule has 0 saturated heterocycles. The normalized spacial score (nSPS) is 12.2. The third-order valence-electron chi connectivity index (χ3n) is 3.96. The fourth-order valence-corrected chi connectivity index (χ4v) is 2.56. The molecular weight excluding hydrogens is 296 g/mol. The summed E-state index contributed by atoms with van der Waals surface area (Å²) in [6, 6.07) is 9.91. The second-order valence-electron chi connectivity index (χ2n) is 5.77. The van der Waals surface area contributed by atoms with Gasteiger partial charge in [-0.25, -0.2) is 0 Å². The molecule has 0 N–H and O–H groups in total. The smallest absolute Gasteiger partial charge is 0.227 e. The third-order valence-corrected chi connectivity index (χ3v) is 4.21. The fourth-order valence-electron chi connectivity index (χ4n) is 2.44. The number of aryl methyl sites for hydroxylation is 1. The molecule has 1 atom stereocenters. The fraction of sp³-hybridized carbons (Fsp3) is 0.389. The van der Waals surface area contributed by atoms with Gasteiger partial charge in [-0.05, 0) is 42.7 Å². The Morgan fingerprint density at radius 3 is 2.45 bits per heavy atom. The number of halogens is 1. The van der Waals surface area contributed by atoms with Gasteiger partial charge in [0.25, 0.3) is 0 Å². The van der Waals surface area contributed by atoms with E-state index in [0.717, 1.165) is 22.6 Å². The predicted octanol–water partition coefficient (Wildman–Crippen LogP) is 4.05. The van der Waals surface area contributed by atoms with Crippen molar-refractivity contribution < 1.29 is 4.79 Å². The van der Waals surface area contributed by atoms with Crippen LogP contribution in [0.4, 0.5) is 0 Å². The van der Waals surface area contributed by atoms with Crippen molar-refractivity contribution in [2.45, 2.75) is 39.3 Å². The zero-order chi connectivity index (χ0) is 16.1. The van der Waals surface area contributed by atoms with E-state index >= 15 is 0 Å². The molecule has 1 heterocycles. The molecule has 0 bridgehead atoms. The lowest BCUT2D eigenvalue weighted by molar-refractivity contribution is -0.133. The van der Waals surface area contributed by atoms with Crippen LogP contribution < -0.4 is 0 Å². The zero-order valence-electron chi connectivity index (χ0n) is 13.4. The molecule has 118 valence electrons. The molecule has 0 spiro atoms. The molecule has 0 fully saturated rings. The SMILES string of the molecule is CCC(C)N(Cc1ccc(Cl)cc1)C(=O)Cc1ccn(C)c1. The van der Waals surface area contributed by atoms with Crippen molar-refractivity contribution in [2.75, 3.05) is 0 Å². The van der Waals surface area contributed by atoms with Gasteiger partial charge >= 0.3 is 0 Å². The number of carbonyl (C=O) groups excluding carboxylic acids is 1. The number of hydrogen-bond donors (Lipinski definition) is 0. The Kier molecular flexibility index (Phi) is 5.67. The Bertz CT molecular complexity index is 618. The Balaban J connectivity index is 2.11. The van der Waals surface area contributed by atoms with Gasteiger partial charge in [0, 0.05) is 37.1 Å². The van der Waals surface area contributed by atoms with Crippen LogP contribution in [0.2, 0.25) is 5.02 Å². The van der Waals surface area contributed by atoms with Crippen LogP contribution >= 0.6 is 11.6 Å². The molecule has 3 nitrogen and oxygen atoms in total. The van der Waals surface area contributed by atoms with E-state index in [4.69, 9.17) is 11.6 Å². The van der Waals surface area contributed by atoms with Crippen molar-refractivity contribution >= 4 is 17.5 Å². The van der Waals surface area contributed by atoms with Crippen LogP contribution in [0.3, 0.4) is 0 Å². The van der Waals surface area contributed by atoms with Gasteiger partial charge in [-0.2, -0.15) is 0 Å². The first-order valence-corrected chi connectivity index (χ1v) is 8.02. The van der Waals surface area contributed by atoms with Crippen LogP contribution in [0, 0.1) is 0 Å². The molecule has 1 aromatic heterocycles. The van der Waals surface area contributed by atoms with E-state index in [1.165, 1.54) is 0 Å². The Labute approximate surface area is 137 Å². The number of rotatable bonds is 6. The zero-order valence-corrected chi connectivity index (χ0v) is 14.2. The summed E-state index contributed by atoms with van der Waals surface area (Å²) in [6.07, 6.45) is 5.34. The van der Waals surface area contributed by atoms with Gasteiger partial charge in [0.15, 0.2) is 0 Å². The van der Waals surface area contributed by atoms with E-state index in [1.54, 1.807) is 0 Å². The first-order valence-electron chi connectivity index (χ1n) is 7.64. The van der Waals surface area contributed by atoms with Gasteiger partial charge in [0.2, 0.25) is 5.91 Å². The summed E-state index contributed by atoms with van der Waals surface area (Å²) in [7, 11) is 1.97. The van der Waals surface area contributed by atoms with Crippen LogP contribution in [-0.4, -0.2) is 21.4 Å². The lowest BCUT2D eigenvalue weighted by Crippen LogP contribution is -2.38. The molecule has 4 heteroatoms. The van der Waals surface area contributed by atoms with Crippen LogP contribution in [0.25, 0.3) is 0 Å². The molecule has 0 aliphatic heterocycles. The maximum absolute atomic E-state index is 12.7. The second-order valence-corrected chi connectivity index (χ2v) is 6.20. The molecule has 2 rings (SSSR count). The molecule has 1 amide bonds. The van der Waals surface area contributed by atoms with Crippen molar-refractivity contribution in [3.8, 4) is 0 Å². The molecule has 0 radical (unpaired) electrons. The van der Waals surface area contributed by atoms with E-state index in [0.29, 0.717) is 13.0 Å². The number of carbonyl (C=O) groups is 1. The van der Waals surface area contributed by atoms with Gasteiger partial charge in [0.05, 0.1) is 6.42 Å². The average Bonchev–Trinajstić information content (AvgIpc) is 2.90.